The largest absolute Gasteiger partial charge is 0.439 e. The Kier molecular flexibility index (Phi) is 2.73. The Hall–Kier alpha value is -1.35. The Morgan fingerprint density at radius 3 is 3.00 bits per heavy atom. The van der Waals surface area contributed by atoms with Gasteiger partial charge in [0, 0.05) is 12.0 Å². The van der Waals surface area contributed by atoms with Gasteiger partial charge in [0.2, 0.25) is 5.89 Å². The lowest BCUT2D eigenvalue weighted by atomic mass is 10.1. The van der Waals surface area contributed by atoms with Crippen molar-refractivity contribution in [3.63, 3.8) is 0 Å². The summed E-state index contributed by atoms with van der Waals surface area (Å²) in [4.78, 5) is 15.6. The molecule has 0 unspecified atom stereocenters. The van der Waals surface area contributed by atoms with E-state index in [1.807, 2.05) is 6.92 Å². The number of rotatable bonds is 3. The van der Waals surface area contributed by atoms with Gasteiger partial charge in [0.15, 0.2) is 11.4 Å². The maximum atomic E-state index is 11.4. The Bertz CT molecular complexity index is 504. The Morgan fingerprint density at radius 2 is 2.33 bits per heavy atom. The zero-order chi connectivity index (χ0) is 10.8. The van der Waals surface area contributed by atoms with Gasteiger partial charge in [-0.2, -0.15) is 0 Å². The van der Waals surface area contributed by atoms with Gasteiger partial charge in [0.1, 0.15) is 5.52 Å². The minimum Gasteiger partial charge on any atom is -0.439 e. The molecule has 0 radical (unpaired) electrons. The lowest BCUT2D eigenvalue weighted by molar-refractivity contribution is 0.0988. The average molecular weight is 224 g/mol. The molecule has 0 saturated carbocycles. The molecule has 2 aromatic rings. The number of nitrogens with zero attached hydrogens (tertiary/aromatic N) is 1. The highest BCUT2D eigenvalue weighted by Gasteiger charge is 2.08. The number of aromatic nitrogens is 1. The third-order valence-corrected chi connectivity index (χ3v) is 2.42. The second-order valence-corrected chi connectivity index (χ2v) is 3.47. The van der Waals surface area contributed by atoms with Crippen LogP contribution in [0.1, 0.15) is 29.6 Å². The van der Waals surface area contributed by atoms with Crippen molar-refractivity contribution in [2.45, 2.75) is 19.2 Å². The molecule has 0 aliphatic carbocycles. The van der Waals surface area contributed by atoms with E-state index < -0.39 is 0 Å². The number of fused-ring (bicyclic) bond motifs is 1. The molecule has 1 heterocycles. The summed E-state index contributed by atoms with van der Waals surface area (Å²) in [7, 11) is 0. The average Bonchev–Trinajstić information content (AvgIpc) is 2.69. The quantitative estimate of drug-likeness (QED) is 0.593. The fourth-order valence-electron chi connectivity index (χ4n) is 1.41. The van der Waals surface area contributed by atoms with E-state index in [4.69, 9.17) is 16.0 Å². The van der Waals surface area contributed by atoms with E-state index in [0.29, 0.717) is 23.5 Å². The van der Waals surface area contributed by atoms with Crippen molar-refractivity contribution in [3.05, 3.63) is 29.7 Å². The highest BCUT2D eigenvalue weighted by molar-refractivity contribution is 6.16. The van der Waals surface area contributed by atoms with E-state index in [9.17, 15) is 4.79 Å². The number of carbonyl (C=O) groups excluding carboxylic acids is 1. The lowest BCUT2D eigenvalue weighted by Gasteiger charge is -1.95. The van der Waals surface area contributed by atoms with E-state index in [-0.39, 0.29) is 11.7 Å². The number of halogens is 1. The normalized spacial score (nSPS) is 10.8. The van der Waals surface area contributed by atoms with Gasteiger partial charge >= 0.3 is 0 Å². The number of oxazole rings is 1. The standard InChI is InChI=1S/C11H10ClNO2/c1-2-9(14)7-3-4-8-10(5-7)15-11(6-12)13-8/h3-5H,2,6H2,1H3. The summed E-state index contributed by atoms with van der Waals surface area (Å²) in [5.41, 5.74) is 2.01. The number of ketones is 1. The van der Waals surface area contributed by atoms with Gasteiger partial charge in [-0.05, 0) is 18.2 Å². The number of alkyl halides is 1. The summed E-state index contributed by atoms with van der Waals surface area (Å²) in [5, 5.41) is 0. The van der Waals surface area contributed by atoms with Gasteiger partial charge in [-0.15, -0.1) is 11.6 Å². The molecule has 0 spiro atoms. The Morgan fingerprint density at radius 1 is 1.53 bits per heavy atom. The number of Topliss-reactive ketones (excluding diaryl/α,β-unsaturated/α-hetero) is 1. The molecule has 0 saturated heterocycles. The van der Waals surface area contributed by atoms with E-state index in [1.165, 1.54) is 0 Å². The molecule has 1 aromatic heterocycles. The Balaban J connectivity index is 2.50. The van der Waals surface area contributed by atoms with Gasteiger partial charge < -0.3 is 4.42 Å². The summed E-state index contributed by atoms with van der Waals surface area (Å²) in [6.45, 7) is 1.83. The van der Waals surface area contributed by atoms with Gasteiger partial charge in [0.05, 0.1) is 5.88 Å². The summed E-state index contributed by atoms with van der Waals surface area (Å²) in [6.07, 6.45) is 0.488. The van der Waals surface area contributed by atoms with Crippen LogP contribution in [0.3, 0.4) is 0 Å². The van der Waals surface area contributed by atoms with E-state index >= 15 is 0 Å². The maximum Gasteiger partial charge on any atom is 0.210 e. The Labute approximate surface area is 92.1 Å². The fourth-order valence-corrected chi connectivity index (χ4v) is 1.52. The van der Waals surface area contributed by atoms with Crippen LogP contribution < -0.4 is 0 Å². The first kappa shape index (κ1) is 10.2. The summed E-state index contributed by atoms with van der Waals surface area (Å²) >= 11 is 5.60. The fraction of sp³-hybridized carbons (Fsp3) is 0.273. The topological polar surface area (TPSA) is 43.1 Å². The zero-order valence-electron chi connectivity index (χ0n) is 8.29. The van der Waals surface area contributed by atoms with Crippen molar-refractivity contribution in [1.29, 1.82) is 0 Å². The van der Waals surface area contributed by atoms with Crippen LogP contribution in [-0.2, 0) is 5.88 Å². The first-order valence-corrected chi connectivity index (χ1v) is 5.26. The molecule has 0 aliphatic heterocycles. The van der Waals surface area contributed by atoms with Crippen LogP contribution in [0.5, 0.6) is 0 Å². The summed E-state index contributed by atoms with van der Waals surface area (Å²) in [5.74, 6) is 0.819. The SMILES string of the molecule is CCC(=O)c1ccc2nc(CCl)oc2c1. The minimum atomic E-state index is 0.0979. The van der Waals surface area contributed by atoms with Crippen molar-refractivity contribution >= 4 is 28.5 Å². The molecule has 3 nitrogen and oxygen atoms in total. The van der Waals surface area contributed by atoms with Crippen LogP contribution in [0.4, 0.5) is 0 Å². The van der Waals surface area contributed by atoms with E-state index in [1.54, 1.807) is 18.2 Å². The second kappa shape index (κ2) is 4.03. The van der Waals surface area contributed by atoms with Crippen LogP contribution in [-0.4, -0.2) is 10.8 Å². The third kappa shape index (κ3) is 1.88. The molecule has 0 amide bonds. The molecule has 0 N–H and O–H groups in total. The van der Waals surface area contributed by atoms with Crippen molar-refractivity contribution in [3.8, 4) is 0 Å². The van der Waals surface area contributed by atoms with Crippen molar-refractivity contribution in [2.24, 2.45) is 0 Å². The zero-order valence-corrected chi connectivity index (χ0v) is 9.04. The van der Waals surface area contributed by atoms with Crippen molar-refractivity contribution in [1.82, 2.24) is 4.98 Å². The predicted molar refractivity (Wildman–Crippen MR) is 58.2 cm³/mol. The van der Waals surface area contributed by atoms with E-state index in [0.717, 1.165) is 5.52 Å². The molecular weight excluding hydrogens is 214 g/mol. The molecule has 0 atom stereocenters. The molecule has 2 rings (SSSR count). The first-order valence-electron chi connectivity index (χ1n) is 4.73. The number of hydrogen-bond acceptors (Lipinski definition) is 3. The minimum absolute atomic E-state index is 0.0979. The van der Waals surface area contributed by atoms with Crippen LogP contribution in [0.25, 0.3) is 11.1 Å². The first-order chi connectivity index (χ1) is 7.24. The summed E-state index contributed by atoms with van der Waals surface area (Å²) < 4.78 is 5.36. The van der Waals surface area contributed by atoms with Gasteiger partial charge in [-0.1, -0.05) is 6.92 Å². The molecule has 0 aliphatic rings. The van der Waals surface area contributed by atoms with Gasteiger partial charge in [0.25, 0.3) is 0 Å². The highest BCUT2D eigenvalue weighted by atomic mass is 35.5. The van der Waals surface area contributed by atoms with Crippen LogP contribution in [0, 0.1) is 0 Å². The monoisotopic (exact) mass is 223 g/mol. The smallest absolute Gasteiger partial charge is 0.210 e. The maximum absolute atomic E-state index is 11.4. The van der Waals surface area contributed by atoms with Gasteiger partial charge in [-0.3, -0.25) is 4.79 Å². The molecule has 1 aromatic carbocycles. The molecule has 15 heavy (non-hydrogen) atoms. The van der Waals surface area contributed by atoms with Crippen LogP contribution in [0.15, 0.2) is 22.6 Å². The van der Waals surface area contributed by atoms with Crippen molar-refractivity contribution < 1.29 is 9.21 Å². The molecule has 78 valence electrons. The molecule has 4 heteroatoms. The molecular formula is C11H10ClNO2. The number of carbonyl (C=O) groups is 1. The third-order valence-electron chi connectivity index (χ3n) is 2.19. The molecule has 0 fully saturated rings. The summed E-state index contributed by atoms with van der Waals surface area (Å²) in [6, 6.07) is 5.25. The predicted octanol–water partition coefficient (Wildman–Crippen LogP) is 3.16. The van der Waals surface area contributed by atoms with Crippen LogP contribution in [0.2, 0.25) is 0 Å². The van der Waals surface area contributed by atoms with Gasteiger partial charge in [-0.25, -0.2) is 4.98 Å². The lowest BCUT2D eigenvalue weighted by Crippen LogP contribution is -1.95. The number of benzene rings is 1. The second-order valence-electron chi connectivity index (χ2n) is 3.20. The number of hydrogen-bond donors (Lipinski definition) is 0. The highest BCUT2D eigenvalue weighted by Crippen LogP contribution is 2.19. The van der Waals surface area contributed by atoms with Crippen molar-refractivity contribution in [2.75, 3.05) is 0 Å². The van der Waals surface area contributed by atoms with E-state index in [2.05, 4.69) is 4.98 Å². The molecule has 0 bridgehead atoms. The van der Waals surface area contributed by atoms with Crippen LogP contribution >= 0.6 is 11.6 Å².